The molecule has 1 rings (SSSR count). The van der Waals surface area contributed by atoms with Gasteiger partial charge >= 0.3 is 11.3 Å². The lowest BCUT2D eigenvalue weighted by molar-refractivity contribution is -0.673. The molecule has 0 aliphatic rings. The molecule has 0 amide bonds. The smallest absolute Gasteiger partial charge is 0.485 e. The van der Waals surface area contributed by atoms with Crippen LogP contribution in [0.3, 0.4) is 0 Å². The van der Waals surface area contributed by atoms with Crippen LogP contribution in [0.4, 0.5) is 13.2 Å². The predicted molar refractivity (Wildman–Crippen MR) is 81.2 cm³/mol. The molecule has 0 radical (unpaired) electrons. The molecule has 1 aromatic heterocycles. The SMILES string of the molecule is C#CCCn1cc[n+](C)c1C#CCCCC.O=S(=O)([O-])C(F)(F)F. The van der Waals surface area contributed by atoms with Gasteiger partial charge in [-0.2, -0.15) is 13.2 Å². The summed E-state index contributed by atoms with van der Waals surface area (Å²) in [5.74, 6) is 10.1. The molecule has 5 nitrogen and oxygen atoms in total. The lowest BCUT2D eigenvalue weighted by atomic mass is 10.2. The zero-order valence-electron chi connectivity index (χ0n) is 13.4. The van der Waals surface area contributed by atoms with Gasteiger partial charge < -0.3 is 4.55 Å². The Morgan fingerprint density at radius 3 is 2.42 bits per heavy atom. The number of alkyl halides is 3. The van der Waals surface area contributed by atoms with Crippen LogP contribution in [-0.2, 0) is 23.7 Å². The van der Waals surface area contributed by atoms with E-state index in [-0.39, 0.29) is 0 Å². The Hall–Kier alpha value is -1.97. The van der Waals surface area contributed by atoms with Crippen molar-refractivity contribution in [3.8, 4) is 24.2 Å². The highest BCUT2D eigenvalue weighted by Gasteiger charge is 2.36. The fourth-order valence-corrected chi connectivity index (χ4v) is 1.46. The molecule has 0 saturated heterocycles. The van der Waals surface area contributed by atoms with Crippen LogP contribution in [0.15, 0.2) is 12.4 Å². The van der Waals surface area contributed by atoms with Crippen molar-refractivity contribution in [2.75, 3.05) is 0 Å². The first kappa shape index (κ1) is 22.0. The van der Waals surface area contributed by atoms with Crippen LogP contribution in [0, 0.1) is 24.2 Å². The van der Waals surface area contributed by atoms with E-state index in [0.717, 1.165) is 25.2 Å². The molecular weight excluding hydrogens is 345 g/mol. The molecular formula is C15H19F3N2O3S. The average Bonchev–Trinajstić information content (AvgIpc) is 2.80. The number of terminal acetylenes is 1. The molecule has 0 N–H and O–H groups in total. The summed E-state index contributed by atoms with van der Waals surface area (Å²) in [5.41, 5.74) is -5.65. The minimum absolute atomic E-state index is 0.748. The molecule has 0 fully saturated rings. The minimum Gasteiger partial charge on any atom is -0.741 e. The number of halogens is 3. The maximum atomic E-state index is 10.7. The molecule has 0 saturated carbocycles. The molecule has 24 heavy (non-hydrogen) atoms. The van der Waals surface area contributed by atoms with Gasteiger partial charge in [-0.1, -0.05) is 19.3 Å². The highest BCUT2D eigenvalue weighted by Crippen LogP contribution is 2.20. The van der Waals surface area contributed by atoms with E-state index in [4.69, 9.17) is 19.4 Å². The molecule has 1 aromatic rings. The fourth-order valence-electron chi connectivity index (χ4n) is 1.46. The molecule has 0 aliphatic heterocycles. The van der Waals surface area contributed by atoms with Crippen LogP contribution < -0.4 is 4.57 Å². The van der Waals surface area contributed by atoms with Crippen molar-refractivity contribution < 1.29 is 30.7 Å². The van der Waals surface area contributed by atoms with E-state index in [1.807, 2.05) is 24.0 Å². The number of hydrogen-bond donors (Lipinski definition) is 0. The summed E-state index contributed by atoms with van der Waals surface area (Å²) < 4.78 is 63.0. The van der Waals surface area contributed by atoms with Crippen LogP contribution in [0.2, 0.25) is 0 Å². The average molecular weight is 364 g/mol. The zero-order valence-corrected chi connectivity index (χ0v) is 14.2. The van der Waals surface area contributed by atoms with Crippen LogP contribution in [-0.4, -0.2) is 23.0 Å². The third-order valence-corrected chi connectivity index (χ3v) is 3.28. The van der Waals surface area contributed by atoms with E-state index in [1.54, 1.807) is 0 Å². The van der Waals surface area contributed by atoms with E-state index in [1.165, 1.54) is 12.8 Å². The van der Waals surface area contributed by atoms with Crippen molar-refractivity contribution >= 4 is 10.1 Å². The number of aryl methyl sites for hydroxylation is 2. The van der Waals surface area contributed by atoms with Gasteiger partial charge in [-0.05, 0) is 6.42 Å². The molecule has 1 heterocycles. The summed E-state index contributed by atoms with van der Waals surface area (Å²) in [6, 6.07) is 0. The molecule has 9 heteroatoms. The van der Waals surface area contributed by atoms with E-state index in [0.29, 0.717) is 0 Å². The van der Waals surface area contributed by atoms with Crippen LogP contribution in [0.25, 0.3) is 0 Å². The monoisotopic (exact) mass is 364 g/mol. The van der Waals surface area contributed by atoms with E-state index in [2.05, 4.69) is 29.3 Å². The van der Waals surface area contributed by atoms with Crippen LogP contribution >= 0.6 is 0 Å². The Morgan fingerprint density at radius 1 is 1.38 bits per heavy atom. The summed E-state index contributed by atoms with van der Waals surface area (Å²) >= 11 is 0. The van der Waals surface area contributed by atoms with Crippen molar-refractivity contribution in [3.63, 3.8) is 0 Å². The maximum absolute atomic E-state index is 10.7. The highest BCUT2D eigenvalue weighted by molar-refractivity contribution is 7.86. The first-order valence-electron chi connectivity index (χ1n) is 7.03. The topological polar surface area (TPSA) is 66.0 Å². The first-order chi connectivity index (χ1) is 11.0. The molecule has 0 spiro atoms. The van der Waals surface area contributed by atoms with Crippen LogP contribution in [0.1, 0.15) is 38.4 Å². The summed E-state index contributed by atoms with van der Waals surface area (Å²) in [7, 11) is -4.08. The molecule has 0 aliphatic carbocycles. The maximum Gasteiger partial charge on any atom is 0.485 e. The summed E-state index contributed by atoms with van der Waals surface area (Å²) in [4.78, 5) is 0. The summed E-state index contributed by atoms with van der Waals surface area (Å²) in [5, 5.41) is 0. The van der Waals surface area contributed by atoms with Gasteiger partial charge in [0.15, 0.2) is 10.1 Å². The number of imidazole rings is 1. The lowest BCUT2D eigenvalue weighted by Gasteiger charge is -2.08. The van der Waals surface area contributed by atoms with Gasteiger partial charge in [0.05, 0.1) is 7.05 Å². The molecule has 134 valence electrons. The Labute approximate surface area is 140 Å². The fraction of sp³-hybridized carbons (Fsp3) is 0.533. The lowest BCUT2D eigenvalue weighted by Crippen LogP contribution is -2.30. The Balaban J connectivity index is 0.000000561. The van der Waals surface area contributed by atoms with E-state index in [9.17, 15) is 13.2 Å². The van der Waals surface area contributed by atoms with Gasteiger partial charge in [0.2, 0.25) is 0 Å². The Bertz CT molecular complexity index is 720. The quantitative estimate of drug-likeness (QED) is 0.270. The number of nitrogens with zero attached hydrogens (tertiary/aromatic N) is 2. The Morgan fingerprint density at radius 2 is 1.96 bits per heavy atom. The number of unbranched alkanes of at least 4 members (excludes halogenated alkanes) is 2. The second-order valence-corrected chi connectivity index (χ2v) is 6.06. The summed E-state index contributed by atoms with van der Waals surface area (Å²) in [6.07, 6.45) is 13.4. The first-order valence-corrected chi connectivity index (χ1v) is 8.44. The largest absolute Gasteiger partial charge is 0.741 e. The molecule has 0 aromatic carbocycles. The van der Waals surface area contributed by atoms with Crippen molar-refractivity contribution in [2.45, 2.75) is 44.7 Å². The van der Waals surface area contributed by atoms with Gasteiger partial charge in [-0.25, -0.2) is 17.6 Å². The van der Waals surface area contributed by atoms with Crippen molar-refractivity contribution in [1.29, 1.82) is 0 Å². The number of rotatable bonds is 4. The third kappa shape index (κ3) is 8.04. The second-order valence-electron chi connectivity index (χ2n) is 4.69. The highest BCUT2D eigenvalue weighted by atomic mass is 32.2. The van der Waals surface area contributed by atoms with Gasteiger partial charge in [-0.15, -0.1) is 12.3 Å². The van der Waals surface area contributed by atoms with Crippen molar-refractivity contribution in [3.05, 3.63) is 18.2 Å². The van der Waals surface area contributed by atoms with Crippen LogP contribution in [0.5, 0.6) is 0 Å². The molecule has 0 atom stereocenters. The molecule has 0 bridgehead atoms. The predicted octanol–water partition coefficient (Wildman–Crippen LogP) is 1.93. The zero-order chi connectivity index (χ0) is 18.8. The van der Waals surface area contributed by atoms with Crippen molar-refractivity contribution in [1.82, 2.24) is 4.57 Å². The van der Waals surface area contributed by atoms with Gasteiger partial charge in [0.25, 0.3) is 0 Å². The standard InChI is InChI=1S/C14H19N2.CHF3O3S/c1-4-6-8-9-10-14-15(3)12-13-16(14)11-7-5-2;2-1(3,4)8(5,6)7/h2,12-13H,4,6-8,11H2,1,3H3;(H,5,6,7)/q+1;/p-1. The number of aromatic nitrogens is 2. The normalized spacial score (nSPS) is 10.9. The summed E-state index contributed by atoms with van der Waals surface area (Å²) in [6.45, 7) is 3.02. The second kappa shape index (κ2) is 10.0. The minimum atomic E-state index is -6.09. The van der Waals surface area contributed by atoms with E-state index >= 15 is 0 Å². The number of hydrogen-bond acceptors (Lipinski definition) is 3. The molecule has 0 unspecified atom stereocenters. The van der Waals surface area contributed by atoms with Gasteiger partial charge in [0, 0.05) is 18.8 Å². The Kier molecular flexibility index (Phi) is 9.19. The third-order valence-electron chi connectivity index (χ3n) is 2.71. The van der Waals surface area contributed by atoms with Crippen molar-refractivity contribution in [2.24, 2.45) is 7.05 Å². The van der Waals surface area contributed by atoms with E-state index < -0.39 is 15.6 Å². The van der Waals surface area contributed by atoms with Gasteiger partial charge in [0.1, 0.15) is 18.9 Å². The van der Waals surface area contributed by atoms with Gasteiger partial charge in [-0.3, -0.25) is 0 Å².